The number of nitrogens with one attached hydrogen (secondary N) is 1. The average Bonchev–Trinajstić information content (AvgIpc) is 2.35. The van der Waals surface area contributed by atoms with Crippen molar-refractivity contribution in [1.29, 1.82) is 0 Å². The highest BCUT2D eigenvalue weighted by atomic mass is 15.1. The van der Waals surface area contributed by atoms with Crippen molar-refractivity contribution in [1.82, 2.24) is 5.32 Å². The molecule has 0 aliphatic carbocycles. The fourth-order valence-corrected chi connectivity index (χ4v) is 1.80. The minimum atomic E-state index is 0.588. The second-order valence-electron chi connectivity index (χ2n) is 4.28. The third-order valence-electron chi connectivity index (χ3n) is 2.87. The Balaban J connectivity index is 2.45. The number of hydrogen-bond acceptors (Lipinski definition) is 2. The Morgan fingerprint density at radius 2 is 1.88 bits per heavy atom. The molecule has 0 bridgehead atoms. The maximum Gasteiger partial charge on any atom is 0.0364 e. The van der Waals surface area contributed by atoms with Crippen LogP contribution in [0.2, 0.25) is 0 Å². The van der Waals surface area contributed by atoms with Crippen LogP contribution in [0.15, 0.2) is 30.3 Å². The lowest BCUT2D eigenvalue weighted by molar-refractivity contribution is 0.497. The van der Waals surface area contributed by atoms with Gasteiger partial charge in [0.05, 0.1) is 0 Å². The summed E-state index contributed by atoms with van der Waals surface area (Å²) in [6.45, 7) is 6.63. The summed E-state index contributed by atoms with van der Waals surface area (Å²) in [6, 6.07) is 11.1. The fraction of sp³-hybridized carbons (Fsp3) is 0.571. The van der Waals surface area contributed by atoms with E-state index in [1.807, 2.05) is 0 Å². The molecule has 0 aromatic heterocycles. The van der Waals surface area contributed by atoms with E-state index in [2.05, 4.69) is 61.4 Å². The van der Waals surface area contributed by atoms with Gasteiger partial charge in [-0.05, 0) is 31.5 Å². The molecular formula is C14H24N2. The zero-order chi connectivity index (χ0) is 11.8. The molecule has 0 aliphatic rings. The molecule has 1 rings (SSSR count). The molecule has 0 amide bonds. The Bertz CT molecular complexity index is 271. The Labute approximate surface area is 99.7 Å². The summed E-state index contributed by atoms with van der Waals surface area (Å²) in [7, 11) is 2.16. The molecule has 0 spiro atoms. The van der Waals surface area contributed by atoms with Crippen molar-refractivity contribution in [3.05, 3.63) is 30.3 Å². The van der Waals surface area contributed by atoms with Gasteiger partial charge in [0, 0.05) is 25.3 Å². The first-order chi connectivity index (χ1) is 7.77. The van der Waals surface area contributed by atoms with Crippen LogP contribution in [0, 0.1) is 0 Å². The zero-order valence-corrected chi connectivity index (χ0v) is 10.7. The second kappa shape index (κ2) is 7.29. The van der Waals surface area contributed by atoms with Crippen LogP contribution in [0.5, 0.6) is 0 Å². The average molecular weight is 220 g/mol. The van der Waals surface area contributed by atoms with Crippen molar-refractivity contribution in [2.75, 3.05) is 25.0 Å². The molecule has 0 fully saturated rings. The predicted octanol–water partition coefficient (Wildman–Crippen LogP) is 2.90. The smallest absolute Gasteiger partial charge is 0.0364 e. The summed E-state index contributed by atoms with van der Waals surface area (Å²) >= 11 is 0. The fourth-order valence-electron chi connectivity index (χ4n) is 1.80. The number of hydrogen-bond donors (Lipinski definition) is 1. The summed E-state index contributed by atoms with van der Waals surface area (Å²) in [5.74, 6) is 0. The highest BCUT2D eigenvalue weighted by Crippen LogP contribution is 2.11. The molecule has 1 atom stereocenters. The third kappa shape index (κ3) is 4.23. The van der Waals surface area contributed by atoms with Crippen molar-refractivity contribution >= 4 is 5.69 Å². The molecule has 0 saturated heterocycles. The molecule has 2 nitrogen and oxygen atoms in total. The first kappa shape index (κ1) is 13.0. The lowest BCUT2D eigenvalue weighted by atomic mass is 10.2. The molecule has 0 heterocycles. The predicted molar refractivity (Wildman–Crippen MR) is 72.1 cm³/mol. The van der Waals surface area contributed by atoms with Gasteiger partial charge in [0.15, 0.2) is 0 Å². The number of anilines is 1. The molecule has 90 valence electrons. The molecule has 1 unspecified atom stereocenters. The lowest BCUT2D eigenvalue weighted by Gasteiger charge is -2.25. The summed E-state index contributed by atoms with van der Waals surface area (Å²) in [5, 5.41) is 3.58. The Hall–Kier alpha value is -1.02. The molecular weight excluding hydrogens is 196 g/mol. The first-order valence-electron chi connectivity index (χ1n) is 6.27. The van der Waals surface area contributed by atoms with E-state index in [-0.39, 0.29) is 0 Å². The van der Waals surface area contributed by atoms with Gasteiger partial charge in [-0.3, -0.25) is 0 Å². The van der Waals surface area contributed by atoms with Gasteiger partial charge in [0.2, 0.25) is 0 Å². The van der Waals surface area contributed by atoms with E-state index in [4.69, 9.17) is 0 Å². The maximum absolute atomic E-state index is 3.58. The van der Waals surface area contributed by atoms with Crippen LogP contribution in [-0.4, -0.2) is 26.2 Å². The largest absolute Gasteiger partial charge is 0.373 e. The first-order valence-corrected chi connectivity index (χ1v) is 6.27. The molecule has 1 aromatic carbocycles. The second-order valence-corrected chi connectivity index (χ2v) is 4.28. The van der Waals surface area contributed by atoms with E-state index in [0.717, 1.165) is 13.1 Å². The van der Waals surface area contributed by atoms with Crippen molar-refractivity contribution in [3.8, 4) is 0 Å². The van der Waals surface area contributed by atoms with E-state index in [0.29, 0.717) is 6.04 Å². The number of nitrogens with zero attached hydrogens (tertiary/aromatic N) is 1. The van der Waals surface area contributed by atoms with Crippen molar-refractivity contribution < 1.29 is 0 Å². The Kier molecular flexibility index (Phi) is 5.94. The minimum absolute atomic E-state index is 0.588. The van der Waals surface area contributed by atoms with Crippen LogP contribution in [-0.2, 0) is 0 Å². The Morgan fingerprint density at radius 1 is 1.19 bits per heavy atom. The van der Waals surface area contributed by atoms with Crippen LogP contribution in [0.1, 0.15) is 26.7 Å². The molecule has 0 aliphatic heterocycles. The molecule has 2 heteroatoms. The SMILES string of the molecule is CCCNC(CC)CN(C)c1ccccc1. The van der Waals surface area contributed by atoms with Crippen LogP contribution in [0.3, 0.4) is 0 Å². The van der Waals surface area contributed by atoms with Crippen molar-refractivity contribution in [2.24, 2.45) is 0 Å². The van der Waals surface area contributed by atoms with Crippen LogP contribution in [0.4, 0.5) is 5.69 Å². The molecule has 0 saturated carbocycles. The van der Waals surface area contributed by atoms with Gasteiger partial charge in [0.25, 0.3) is 0 Å². The molecule has 1 aromatic rings. The van der Waals surface area contributed by atoms with Gasteiger partial charge in [0.1, 0.15) is 0 Å². The monoisotopic (exact) mass is 220 g/mol. The van der Waals surface area contributed by atoms with Gasteiger partial charge < -0.3 is 10.2 Å². The molecule has 1 N–H and O–H groups in total. The number of likely N-dealkylation sites (N-methyl/N-ethyl adjacent to an activating group) is 1. The van der Waals surface area contributed by atoms with E-state index >= 15 is 0 Å². The highest BCUT2D eigenvalue weighted by molar-refractivity contribution is 5.45. The highest BCUT2D eigenvalue weighted by Gasteiger charge is 2.08. The summed E-state index contributed by atoms with van der Waals surface area (Å²) in [6.07, 6.45) is 2.38. The van der Waals surface area contributed by atoms with E-state index in [1.54, 1.807) is 0 Å². The number of rotatable bonds is 7. The van der Waals surface area contributed by atoms with Gasteiger partial charge in [-0.2, -0.15) is 0 Å². The van der Waals surface area contributed by atoms with Gasteiger partial charge in [-0.1, -0.05) is 32.0 Å². The normalized spacial score (nSPS) is 12.4. The molecule has 0 radical (unpaired) electrons. The van der Waals surface area contributed by atoms with Crippen LogP contribution >= 0.6 is 0 Å². The maximum atomic E-state index is 3.58. The number of para-hydroxylation sites is 1. The number of benzene rings is 1. The van der Waals surface area contributed by atoms with E-state index in [1.165, 1.54) is 18.5 Å². The summed E-state index contributed by atoms with van der Waals surface area (Å²) in [4.78, 5) is 2.32. The van der Waals surface area contributed by atoms with Gasteiger partial charge in [-0.25, -0.2) is 0 Å². The zero-order valence-electron chi connectivity index (χ0n) is 10.7. The van der Waals surface area contributed by atoms with Gasteiger partial charge in [-0.15, -0.1) is 0 Å². The van der Waals surface area contributed by atoms with Gasteiger partial charge >= 0.3 is 0 Å². The molecule has 16 heavy (non-hydrogen) atoms. The van der Waals surface area contributed by atoms with Crippen LogP contribution < -0.4 is 10.2 Å². The summed E-state index contributed by atoms with van der Waals surface area (Å²) in [5.41, 5.74) is 1.29. The lowest BCUT2D eigenvalue weighted by Crippen LogP contribution is -2.39. The van der Waals surface area contributed by atoms with Crippen molar-refractivity contribution in [3.63, 3.8) is 0 Å². The third-order valence-corrected chi connectivity index (χ3v) is 2.87. The Morgan fingerprint density at radius 3 is 2.44 bits per heavy atom. The van der Waals surface area contributed by atoms with Crippen molar-refractivity contribution in [2.45, 2.75) is 32.7 Å². The minimum Gasteiger partial charge on any atom is -0.373 e. The standard InChI is InChI=1S/C14H24N2/c1-4-11-15-13(5-2)12-16(3)14-9-7-6-8-10-14/h6-10,13,15H,4-5,11-12H2,1-3H3. The summed E-state index contributed by atoms with van der Waals surface area (Å²) < 4.78 is 0. The van der Waals surface area contributed by atoms with E-state index < -0.39 is 0 Å². The van der Waals surface area contributed by atoms with E-state index in [9.17, 15) is 0 Å². The van der Waals surface area contributed by atoms with Crippen LogP contribution in [0.25, 0.3) is 0 Å². The topological polar surface area (TPSA) is 15.3 Å². The quantitative estimate of drug-likeness (QED) is 0.760.